The Morgan fingerprint density at radius 3 is 1.81 bits per heavy atom. The summed E-state index contributed by atoms with van der Waals surface area (Å²) in [5.41, 5.74) is 0. The molecule has 0 bridgehead atoms. The van der Waals surface area contributed by atoms with Crippen LogP contribution in [-0.4, -0.2) is 110 Å². The number of ether oxygens (including phenoxy) is 10. The lowest BCUT2D eigenvalue weighted by Crippen LogP contribution is -2.67. The molecular formula is C32H47NO14. The molecule has 2 spiro atoms. The normalized spacial score (nSPS) is 38.6. The molecule has 2 aliphatic carbocycles. The van der Waals surface area contributed by atoms with E-state index in [1.807, 2.05) is 0 Å². The molecule has 6 fully saturated rings. The summed E-state index contributed by atoms with van der Waals surface area (Å²) >= 11 is 0. The fraction of sp³-hybridized carbons (Fsp3) is 0.875. The Kier molecular flexibility index (Phi) is 10.4. The summed E-state index contributed by atoms with van der Waals surface area (Å²) in [6, 6.07) is -1.11. The summed E-state index contributed by atoms with van der Waals surface area (Å²) in [6.45, 7) is 4.46. The van der Waals surface area contributed by atoms with Crippen molar-refractivity contribution in [1.82, 2.24) is 5.32 Å². The van der Waals surface area contributed by atoms with Crippen LogP contribution in [0.5, 0.6) is 0 Å². The molecule has 10 atom stereocenters. The maximum Gasteiger partial charge on any atom is 0.303 e. The summed E-state index contributed by atoms with van der Waals surface area (Å²) in [7, 11) is 0. The van der Waals surface area contributed by atoms with E-state index in [0.29, 0.717) is 0 Å². The molecule has 2 saturated carbocycles. The quantitative estimate of drug-likeness (QED) is 0.293. The number of hydrogen-bond donors (Lipinski definition) is 1. The van der Waals surface area contributed by atoms with Gasteiger partial charge in [0.05, 0.1) is 6.61 Å². The van der Waals surface area contributed by atoms with Gasteiger partial charge in [-0.15, -0.1) is 0 Å². The summed E-state index contributed by atoms with van der Waals surface area (Å²) < 4.78 is 61.8. The highest BCUT2D eigenvalue weighted by molar-refractivity contribution is 5.73. The molecule has 6 rings (SSSR count). The number of carbonyl (C=O) groups is 4. The minimum atomic E-state index is -1.24. The summed E-state index contributed by atoms with van der Waals surface area (Å²) in [5, 5.41) is 2.73. The Labute approximate surface area is 273 Å². The second-order valence-corrected chi connectivity index (χ2v) is 13.4. The third kappa shape index (κ3) is 7.61. The number of esters is 3. The Balaban J connectivity index is 1.25. The van der Waals surface area contributed by atoms with Crippen LogP contribution in [0.15, 0.2) is 0 Å². The predicted octanol–water partition coefficient (Wildman–Crippen LogP) is 1.90. The zero-order chi connectivity index (χ0) is 33.3. The van der Waals surface area contributed by atoms with Crippen molar-refractivity contribution in [1.29, 1.82) is 0 Å². The van der Waals surface area contributed by atoms with Crippen LogP contribution in [0.2, 0.25) is 0 Å². The molecule has 0 radical (unpaired) electrons. The number of fused-ring (bicyclic) bond motifs is 3. The maximum absolute atomic E-state index is 12.4. The van der Waals surface area contributed by atoms with Crippen molar-refractivity contribution in [3.8, 4) is 0 Å². The number of rotatable bonds is 8. The van der Waals surface area contributed by atoms with E-state index in [9.17, 15) is 19.2 Å². The zero-order valence-corrected chi connectivity index (χ0v) is 27.5. The standard InChI is InChI=1S/C32H47NO14/c1-17(34)33-23-26(41-20(4)37)24(40-19(3)36)21(15-38-18(2)35)42-29(23)39-16-22-25-27(45-31(44-25)11-7-5-8-12-31)28-30(43-22)47-32(46-28)13-9-6-10-14-32/h21-30H,5-16H2,1-4H3,(H,33,34)/t21-,22-,23-,24-,25+,26-,27+,28-,29-,30-/m1/s1. The lowest BCUT2D eigenvalue weighted by molar-refractivity contribution is -0.298. The van der Waals surface area contributed by atoms with Crippen LogP contribution >= 0.6 is 0 Å². The fourth-order valence-corrected chi connectivity index (χ4v) is 7.80. The van der Waals surface area contributed by atoms with Crippen LogP contribution < -0.4 is 5.32 Å². The van der Waals surface area contributed by atoms with E-state index in [2.05, 4.69) is 5.32 Å². The molecule has 6 aliphatic rings. The Morgan fingerprint density at radius 1 is 0.638 bits per heavy atom. The van der Waals surface area contributed by atoms with E-state index in [-0.39, 0.29) is 13.2 Å². The van der Waals surface area contributed by atoms with Crippen LogP contribution in [0.3, 0.4) is 0 Å². The molecule has 1 amide bonds. The highest BCUT2D eigenvalue weighted by Gasteiger charge is 2.64. The summed E-state index contributed by atoms with van der Waals surface area (Å²) in [5.74, 6) is -3.92. The minimum Gasteiger partial charge on any atom is -0.463 e. The molecule has 0 aromatic rings. The van der Waals surface area contributed by atoms with Gasteiger partial charge in [0.2, 0.25) is 5.91 Å². The maximum atomic E-state index is 12.4. The second-order valence-electron chi connectivity index (χ2n) is 13.4. The monoisotopic (exact) mass is 669 g/mol. The molecule has 1 N–H and O–H groups in total. The molecule has 15 heteroatoms. The lowest BCUT2D eigenvalue weighted by Gasteiger charge is -2.45. The number of carbonyl (C=O) groups excluding carboxylic acids is 4. The molecule has 0 unspecified atom stereocenters. The Bertz CT molecular complexity index is 1170. The number of amides is 1. The van der Waals surface area contributed by atoms with Crippen molar-refractivity contribution < 1.29 is 66.5 Å². The molecule has 15 nitrogen and oxygen atoms in total. The van der Waals surface area contributed by atoms with E-state index in [1.165, 1.54) is 27.7 Å². The molecule has 264 valence electrons. The van der Waals surface area contributed by atoms with Gasteiger partial charge >= 0.3 is 17.9 Å². The molecule has 47 heavy (non-hydrogen) atoms. The van der Waals surface area contributed by atoms with Gasteiger partial charge in [0, 0.05) is 53.4 Å². The third-order valence-corrected chi connectivity index (χ3v) is 9.70. The lowest BCUT2D eigenvalue weighted by atomic mass is 9.94. The zero-order valence-electron chi connectivity index (χ0n) is 27.5. The largest absolute Gasteiger partial charge is 0.463 e. The van der Waals surface area contributed by atoms with Crippen LogP contribution in [0, 0.1) is 0 Å². The summed E-state index contributed by atoms with van der Waals surface area (Å²) in [4.78, 5) is 48.4. The average Bonchev–Trinajstić information content (AvgIpc) is 3.55. The van der Waals surface area contributed by atoms with Crippen LogP contribution in [0.25, 0.3) is 0 Å². The van der Waals surface area contributed by atoms with Crippen molar-refractivity contribution in [2.24, 2.45) is 0 Å². The van der Waals surface area contributed by atoms with Gasteiger partial charge in [-0.25, -0.2) is 0 Å². The van der Waals surface area contributed by atoms with Gasteiger partial charge in [-0.2, -0.15) is 0 Å². The van der Waals surface area contributed by atoms with Crippen LogP contribution in [-0.2, 0) is 66.5 Å². The van der Waals surface area contributed by atoms with Crippen molar-refractivity contribution in [3.63, 3.8) is 0 Å². The van der Waals surface area contributed by atoms with Crippen molar-refractivity contribution in [2.75, 3.05) is 13.2 Å². The number of nitrogens with one attached hydrogen (secondary N) is 1. The van der Waals surface area contributed by atoms with E-state index >= 15 is 0 Å². The highest BCUT2D eigenvalue weighted by atomic mass is 16.9. The smallest absolute Gasteiger partial charge is 0.303 e. The van der Waals surface area contributed by atoms with Crippen molar-refractivity contribution >= 4 is 23.8 Å². The van der Waals surface area contributed by atoms with Crippen LogP contribution in [0.4, 0.5) is 0 Å². The molecular weight excluding hydrogens is 622 g/mol. The third-order valence-electron chi connectivity index (χ3n) is 9.70. The first-order chi connectivity index (χ1) is 22.5. The van der Waals surface area contributed by atoms with Gasteiger partial charge in [0.1, 0.15) is 43.2 Å². The minimum absolute atomic E-state index is 0.0910. The molecule has 4 heterocycles. The fourth-order valence-electron chi connectivity index (χ4n) is 7.80. The predicted molar refractivity (Wildman–Crippen MR) is 156 cm³/mol. The van der Waals surface area contributed by atoms with E-state index in [0.717, 1.165) is 64.2 Å². The molecule has 4 saturated heterocycles. The molecule has 0 aromatic heterocycles. The van der Waals surface area contributed by atoms with Gasteiger partial charge in [-0.1, -0.05) is 12.8 Å². The first-order valence-electron chi connectivity index (χ1n) is 16.9. The SMILES string of the molecule is CC(=O)N[C@H]1[C@H](OC[C@H]2O[C@@H]3OC4(CCCCC4)O[C@@H]3[C@H]3OC4(CCCCC4)O[C@H]32)O[C@H](COC(C)=O)[C@@H](OC(C)=O)[C@@H]1OC(C)=O. The Morgan fingerprint density at radius 2 is 1.21 bits per heavy atom. The van der Waals surface area contributed by atoms with Crippen molar-refractivity contribution in [2.45, 2.75) is 165 Å². The van der Waals surface area contributed by atoms with Gasteiger partial charge in [-0.3, -0.25) is 19.2 Å². The number of hydrogen-bond acceptors (Lipinski definition) is 14. The van der Waals surface area contributed by atoms with Crippen LogP contribution in [0.1, 0.15) is 91.9 Å². The first-order valence-corrected chi connectivity index (χ1v) is 16.9. The summed E-state index contributed by atoms with van der Waals surface area (Å²) in [6.07, 6.45) is 1.57. The highest BCUT2D eigenvalue weighted by Crippen LogP contribution is 2.51. The second kappa shape index (κ2) is 14.2. The first kappa shape index (κ1) is 34.5. The van der Waals surface area contributed by atoms with E-state index in [1.54, 1.807) is 0 Å². The topological polar surface area (TPSA) is 173 Å². The Hall–Kier alpha value is -2.40. The van der Waals surface area contributed by atoms with E-state index < -0.39 is 96.7 Å². The molecule has 0 aromatic carbocycles. The van der Waals surface area contributed by atoms with Crippen molar-refractivity contribution in [3.05, 3.63) is 0 Å². The van der Waals surface area contributed by atoms with Gasteiger partial charge in [0.15, 0.2) is 36.4 Å². The average molecular weight is 670 g/mol. The van der Waals surface area contributed by atoms with E-state index in [4.69, 9.17) is 47.4 Å². The molecule has 4 aliphatic heterocycles. The van der Waals surface area contributed by atoms with Gasteiger partial charge < -0.3 is 52.7 Å². The van der Waals surface area contributed by atoms with Gasteiger partial charge in [-0.05, 0) is 25.7 Å². The van der Waals surface area contributed by atoms with Gasteiger partial charge in [0.25, 0.3) is 0 Å².